The number of fused-ring (bicyclic) bond motifs is 1. The van der Waals surface area contributed by atoms with Crippen LogP contribution in [-0.4, -0.2) is 44.9 Å². The lowest BCUT2D eigenvalue weighted by Gasteiger charge is -2.11. The van der Waals surface area contributed by atoms with Crippen molar-refractivity contribution in [3.8, 4) is 17.2 Å². The number of hydrogen-bond acceptors (Lipinski definition) is 6. The molecular weight excluding hydrogens is 605 g/mol. The van der Waals surface area contributed by atoms with E-state index in [1.165, 1.54) is 11.1 Å². The molecule has 6 nitrogen and oxygen atoms in total. The lowest BCUT2D eigenvalue weighted by molar-refractivity contribution is 0.0101. The van der Waals surface area contributed by atoms with Crippen molar-refractivity contribution in [2.75, 3.05) is 39.8 Å². The summed E-state index contributed by atoms with van der Waals surface area (Å²) in [5, 5.41) is 9.01. The zero-order valence-electron chi connectivity index (χ0n) is 21.0. The van der Waals surface area contributed by atoms with Gasteiger partial charge in [-0.15, -0.1) is 0 Å². The van der Waals surface area contributed by atoms with Gasteiger partial charge >= 0.3 is 0 Å². The van der Waals surface area contributed by atoms with Gasteiger partial charge in [-0.1, -0.05) is 84.7 Å². The Hall–Kier alpha value is -0.400. The number of phenolic OH excluding ortho intramolecular Hbond substituents is 1. The average molecular weight is 639 g/mol. The van der Waals surface area contributed by atoms with Crippen LogP contribution in [0.5, 0.6) is 17.2 Å². The van der Waals surface area contributed by atoms with E-state index in [9.17, 15) is 5.11 Å². The van der Waals surface area contributed by atoms with Crippen molar-refractivity contribution in [3.05, 3.63) is 48.4 Å². The van der Waals surface area contributed by atoms with Gasteiger partial charge in [-0.2, -0.15) is 9.90 Å². The van der Waals surface area contributed by atoms with Gasteiger partial charge in [-0.05, 0) is 36.1 Å². The number of aromatic hydroxyl groups is 1. The summed E-state index contributed by atoms with van der Waals surface area (Å²) in [6, 6.07) is 4.12. The molecule has 1 N–H and O–H groups in total. The standard InChI is InChI=1S/C19H30O5.C6HCl5O.H3P/c1-3-5-7-20-8-9-21-10-11-22-14-17-13-19-18(23-15-24-19)12-16(17)6-4-2;7-1-2(8)4(10)6(12)5(11)3(1)9;/h12-13H,3-11,14-15H2,1-2H3;12H;1H3. The number of rotatable bonds is 13. The summed E-state index contributed by atoms with van der Waals surface area (Å²) in [6.07, 6.45) is 4.38. The van der Waals surface area contributed by atoms with E-state index in [0.29, 0.717) is 39.8 Å². The number of benzene rings is 2. The SMILES string of the molecule is CCCCOCCOCCOCc1cc2c(cc1CCC)OCO2.Oc1c(Cl)c(Cl)c(Cl)c(Cl)c1Cl.P. The summed E-state index contributed by atoms with van der Waals surface area (Å²) in [7, 11) is 0. The first-order valence-corrected chi connectivity index (χ1v) is 13.6. The van der Waals surface area contributed by atoms with E-state index in [4.69, 9.17) is 81.7 Å². The van der Waals surface area contributed by atoms with Gasteiger partial charge in [0, 0.05) is 6.61 Å². The lowest BCUT2D eigenvalue weighted by atomic mass is 10.0. The predicted molar refractivity (Wildman–Crippen MR) is 157 cm³/mol. The highest BCUT2D eigenvalue weighted by Crippen LogP contribution is 2.47. The van der Waals surface area contributed by atoms with Crippen molar-refractivity contribution in [2.24, 2.45) is 0 Å². The minimum absolute atomic E-state index is 0. The van der Waals surface area contributed by atoms with Gasteiger partial charge < -0.3 is 28.8 Å². The van der Waals surface area contributed by atoms with Crippen molar-refractivity contribution in [1.82, 2.24) is 0 Å². The Balaban J connectivity index is 0.000000445. The molecular formula is C25H34Cl5O6P. The van der Waals surface area contributed by atoms with Crippen LogP contribution in [0.25, 0.3) is 0 Å². The van der Waals surface area contributed by atoms with E-state index in [2.05, 4.69) is 19.9 Å². The molecule has 0 fully saturated rings. The minimum Gasteiger partial charge on any atom is -0.505 e. The van der Waals surface area contributed by atoms with E-state index >= 15 is 0 Å². The van der Waals surface area contributed by atoms with Crippen molar-refractivity contribution in [2.45, 2.75) is 46.1 Å². The fourth-order valence-corrected chi connectivity index (χ4v) is 4.25. The summed E-state index contributed by atoms with van der Waals surface area (Å²) in [4.78, 5) is 0. The summed E-state index contributed by atoms with van der Waals surface area (Å²) in [5.74, 6) is 1.29. The maximum atomic E-state index is 9.20. The number of hydrogen-bond donors (Lipinski definition) is 1. The largest absolute Gasteiger partial charge is 0.505 e. The molecule has 2 aromatic carbocycles. The molecule has 12 heteroatoms. The molecule has 0 radical (unpaired) electrons. The van der Waals surface area contributed by atoms with Gasteiger partial charge in [0.25, 0.3) is 0 Å². The van der Waals surface area contributed by atoms with Crippen molar-refractivity contribution in [1.29, 1.82) is 0 Å². The van der Waals surface area contributed by atoms with Crippen LogP contribution in [0.3, 0.4) is 0 Å². The normalized spacial score (nSPS) is 11.6. The molecule has 2 aromatic rings. The quantitative estimate of drug-likeness (QED) is 0.103. The molecule has 1 heterocycles. The Bertz CT molecular complexity index is 874. The third kappa shape index (κ3) is 10.9. The average Bonchev–Trinajstić information content (AvgIpc) is 3.34. The van der Waals surface area contributed by atoms with Gasteiger partial charge in [-0.3, -0.25) is 0 Å². The van der Waals surface area contributed by atoms with E-state index in [-0.39, 0.29) is 40.8 Å². The van der Waals surface area contributed by atoms with Gasteiger partial charge in [-0.25, -0.2) is 0 Å². The van der Waals surface area contributed by atoms with Crippen LogP contribution < -0.4 is 9.47 Å². The Morgan fingerprint density at radius 3 is 1.73 bits per heavy atom. The van der Waals surface area contributed by atoms with E-state index in [1.54, 1.807) is 0 Å². The molecule has 37 heavy (non-hydrogen) atoms. The minimum atomic E-state index is -0.363. The Kier molecular flexibility index (Phi) is 17.6. The first-order chi connectivity index (χ1) is 17.3. The van der Waals surface area contributed by atoms with Crippen LogP contribution in [0.2, 0.25) is 25.1 Å². The van der Waals surface area contributed by atoms with Crippen LogP contribution in [-0.2, 0) is 27.2 Å². The third-order valence-corrected chi connectivity index (χ3v) is 7.30. The maximum absolute atomic E-state index is 9.20. The van der Waals surface area contributed by atoms with Crippen LogP contribution in [0.1, 0.15) is 44.2 Å². The first-order valence-electron chi connectivity index (χ1n) is 11.7. The van der Waals surface area contributed by atoms with Crippen molar-refractivity contribution in [3.63, 3.8) is 0 Å². The molecule has 0 saturated heterocycles. The summed E-state index contributed by atoms with van der Waals surface area (Å²) in [6.45, 7) is 8.47. The molecule has 210 valence electrons. The molecule has 1 atom stereocenters. The number of aryl methyl sites for hydroxylation is 1. The highest BCUT2D eigenvalue weighted by atomic mass is 35.5. The first kappa shape index (κ1) is 34.6. The molecule has 0 bridgehead atoms. The highest BCUT2D eigenvalue weighted by molar-refractivity contribution is 6.92. The molecule has 0 saturated carbocycles. The topological polar surface area (TPSA) is 66.4 Å². The highest BCUT2D eigenvalue weighted by Gasteiger charge is 2.18. The lowest BCUT2D eigenvalue weighted by Crippen LogP contribution is -2.10. The Morgan fingerprint density at radius 2 is 1.19 bits per heavy atom. The monoisotopic (exact) mass is 636 g/mol. The second kappa shape index (κ2) is 18.8. The maximum Gasteiger partial charge on any atom is 0.231 e. The van der Waals surface area contributed by atoms with Crippen molar-refractivity contribution < 1.29 is 28.8 Å². The summed E-state index contributed by atoms with van der Waals surface area (Å²) in [5.41, 5.74) is 2.44. The Labute approximate surface area is 247 Å². The van der Waals surface area contributed by atoms with Crippen LogP contribution in [0.4, 0.5) is 0 Å². The smallest absolute Gasteiger partial charge is 0.231 e. The molecule has 0 spiro atoms. The molecule has 0 aromatic heterocycles. The van der Waals surface area contributed by atoms with Gasteiger partial charge in [0.15, 0.2) is 17.2 Å². The second-order valence-electron chi connectivity index (χ2n) is 7.77. The zero-order chi connectivity index (χ0) is 26.5. The Morgan fingerprint density at radius 1 is 0.703 bits per heavy atom. The number of ether oxygens (including phenoxy) is 5. The molecule has 0 amide bonds. The van der Waals surface area contributed by atoms with E-state index < -0.39 is 0 Å². The van der Waals surface area contributed by atoms with Gasteiger partial charge in [0.1, 0.15) is 10.0 Å². The summed E-state index contributed by atoms with van der Waals surface area (Å²) < 4.78 is 27.6. The number of unbranched alkanes of at least 4 members (excludes halogenated alkanes) is 1. The second-order valence-corrected chi connectivity index (χ2v) is 9.66. The number of halogens is 5. The van der Waals surface area contributed by atoms with Crippen molar-refractivity contribution >= 4 is 67.9 Å². The van der Waals surface area contributed by atoms with Gasteiger partial charge in [0.05, 0.1) is 48.1 Å². The summed E-state index contributed by atoms with van der Waals surface area (Å²) >= 11 is 27.9. The van der Waals surface area contributed by atoms with Gasteiger partial charge in [0.2, 0.25) is 6.79 Å². The molecule has 1 aliphatic rings. The fraction of sp³-hybridized carbons (Fsp3) is 0.520. The molecule has 3 rings (SSSR count). The van der Waals surface area contributed by atoms with E-state index in [0.717, 1.165) is 43.8 Å². The zero-order valence-corrected chi connectivity index (χ0v) is 26.2. The van der Waals surface area contributed by atoms with Crippen LogP contribution in [0.15, 0.2) is 12.1 Å². The molecule has 1 aliphatic heterocycles. The number of phenols is 1. The molecule has 1 unspecified atom stereocenters. The van der Waals surface area contributed by atoms with Crippen LogP contribution >= 0.6 is 67.9 Å². The predicted octanol–water partition coefficient (Wildman–Crippen LogP) is 8.43. The molecule has 0 aliphatic carbocycles. The third-order valence-electron chi connectivity index (χ3n) is 5.04. The van der Waals surface area contributed by atoms with Crippen LogP contribution in [0, 0.1) is 0 Å². The fourth-order valence-electron chi connectivity index (χ4n) is 3.12. The van der Waals surface area contributed by atoms with E-state index in [1.807, 2.05) is 6.07 Å².